The number of aromatic nitrogens is 1. The number of hydrogen-bond donors (Lipinski definition) is 0. The molecule has 0 aliphatic heterocycles. The van der Waals surface area contributed by atoms with Gasteiger partial charge in [-0.3, -0.25) is 0 Å². The molecule has 0 aliphatic carbocycles. The molecular weight excluding hydrogens is 382 g/mol. The maximum absolute atomic E-state index is 9.90. The van der Waals surface area contributed by atoms with Crippen LogP contribution < -0.4 is 0 Å². The maximum atomic E-state index is 9.90. The van der Waals surface area contributed by atoms with Gasteiger partial charge in [0.15, 0.2) is 0 Å². The van der Waals surface area contributed by atoms with Crippen LogP contribution >= 0.6 is 0 Å². The second-order valence-corrected chi connectivity index (χ2v) is 7.62. The molecule has 4 rings (SSSR count). The third-order valence-electron chi connectivity index (χ3n) is 5.65. The summed E-state index contributed by atoms with van der Waals surface area (Å²) in [6.45, 7) is 2.43. The van der Waals surface area contributed by atoms with Crippen molar-refractivity contribution >= 4 is 10.9 Å². The molecule has 1 unspecified atom stereocenters. The molecule has 0 spiro atoms. The van der Waals surface area contributed by atoms with Crippen molar-refractivity contribution < 1.29 is 4.74 Å². The number of ether oxygens (including phenoxy) is 1. The van der Waals surface area contributed by atoms with Crippen LogP contribution in [0, 0.1) is 35.5 Å². The first-order valence-electron chi connectivity index (χ1n) is 10.2. The quantitative estimate of drug-likeness (QED) is 0.394. The third-order valence-corrected chi connectivity index (χ3v) is 5.65. The third kappa shape index (κ3) is 3.70. The Hall–Kier alpha value is -3.86. The van der Waals surface area contributed by atoms with E-state index >= 15 is 0 Å². The van der Waals surface area contributed by atoms with Crippen LogP contribution in [-0.4, -0.2) is 11.7 Å². The topological polar surface area (TPSA) is 61.7 Å². The summed E-state index contributed by atoms with van der Waals surface area (Å²) in [4.78, 5) is 0. The van der Waals surface area contributed by atoms with Crippen LogP contribution in [0.2, 0.25) is 0 Å². The Morgan fingerprint density at radius 2 is 1.55 bits per heavy atom. The van der Waals surface area contributed by atoms with E-state index in [2.05, 4.69) is 54.0 Å². The van der Waals surface area contributed by atoms with Gasteiger partial charge in [0, 0.05) is 18.4 Å². The van der Waals surface area contributed by atoms with Crippen molar-refractivity contribution in [2.45, 2.75) is 19.6 Å². The normalized spacial score (nSPS) is 11.9. The number of methoxy groups -OCH3 is 1. The van der Waals surface area contributed by atoms with E-state index in [0.29, 0.717) is 6.73 Å². The van der Waals surface area contributed by atoms with Gasteiger partial charge in [-0.05, 0) is 35.2 Å². The monoisotopic (exact) mass is 405 g/mol. The molecule has 0 saturated heterocycles. The molecule has 3 aromatic carbocycles. The smallest absolute Gasteiger partial charge is 0.144 e. The first-order chi connectivity index (χ1) is 15.2. The Balaban J connectivity index is 2.15. The fourth-order valence-corrected chi connectivity index (χ4v) is 4.34. The second-order valence-electron chi connectivity index (χ2n) is 7.62. The molecule has 4 aromatic rings. The van der Waals surface area contributed by atoms with E-state index in [1.54, 1.807) is 7.11 Å². The zero-order chi connectivity index (χ0) is 21.8. The van der Waals surface area contributed by atoms with E-state index in [4.69, 9.17) is 4.74 Å². The van der Waals surface area contributed by atoms with E-state index in [1.165, 1.54) is 0 Å². The van der Waals surface area contributed by atoms with Crippen LogP contribution in [0.3, 0.4) is 0 Å². The van der Waals surface area contributed by atoms with Gasteiger partial charge in [0.25, 0.3) is 0 Å². The van der Waals surface area contributed by atoms with Crippen molar-refractivity contribution in [2.75, 3.05) is 7.11 Å². The average molecular weight is 406 g/mol. The van der Waals surface area contributed by atoms with E-state index in [1.807, 2.05) is 48.5 Å². The molecule has 4 nitrogen and oxygen atoms in total. The zero-order valence-electron chi connectivity index (χ0n) is 17.6. The summed E-state index contributed by atoms with van der Waals surface area (Å²) in [5, 5.41) is 20.8. The molecule has 0 fully saturated rings. The number of aryl methyl sites for hydroxylation is 1. The molecule has 0 aliphatic rings. The summed E-state index contributed by atoms with van der Waals surface area (Å²) in [5.74, 6) is -1.22. The molecule has 1 aromatic heterocycles. The van der Waals surface area contributed by atoms with E-state index in [-0.39, 0.29) is 0 Å². The lowest BCUT2D eigenvalue weighted by molar-refractivity contribution is 0.136. The Labute approximate surface area is 182 Å². The molecule has 1 atom stereocenters. The van der Waals surface area contributed by atoms with E-state index in [9.17, 15) is 10.5 Å². The zero-order valence-corrected chi connectivity index (χ0v) is 17.6. The molecule has 0 radical (unpaired) electrons. The highest BCUT2D eigenvalue weighted by Crippen LogP contribution is 2.44. The van der Waals surface area contributed by atoms with Gasteiger partial charge < -0.3 is 9.30 Å². The standard InChI is InChI=1S/C27H23N3O/c1-19-13-14-23-24(15-19)30(18-31-2)27(21-11-7-4-8-12-21)26(23)25(22(16-28)17-29)20-9-5-3-6-10-20/h3-15,22,25H,18H2,1-2H3. The van der Waals surface area contributed by atoms with Crippen LogP contribution in [-0.2, 0) is 11.5 Å². The Morgan fingerprint density at radius 3 is 2.16 bits per heavy atom. The number of benzene rings is 3. The van der Waals surface area contributed by atoms with Gasteiger partial charge in [0.2, 0.25) is 0 Å². The van der Waals surface area contributed by atoms with Crippen molar-refractivity contribution in [3.8, 4) is 23.4 Å². The summed E-state index contributed by atoms with van der Waals surface area (Å²) < 4.78 is 7.73. The Bertz CT molecular complexity index is 1260. The number of fused-ring (bicyclic) bond motifs is 1. The van der Waals surface area contributed by atoms with Gasteiger partial charge in [-0.2, -0.15) is 10.5 Å². The molecule has 4 heteroatoms. The summed E-state index contributed by atoms with van der Waals surface area (Å²) in [5.41, 5.74) is 6.11. The minimum atomic E-state index is -0.826. The largest absolute Gasteiger partial charge is 0.364 e. The number of hydrogen-bond acceptors (Lipinski definition) is 3. The summed E-state index contributed by atoms with van der Waals surface area (Å²) in [6.07, 6.45) is 0. The molecule has 0 saturated carbocycles. The van der Waals surface area contributed by atoms with Gasteiger partial charge in [0.1, 0.15) is 12.6 Å². The molecule has 31 heavy (non-hydrogen) atoms. The van der Waals surface area contributed by atoms with Gasteiger partial charge in [0.05, 0.1) is 23.3 Å². The average Bonchev–Trinajstić information content (AvgIpc) is 3.11. The lowest BCUT2D eigenvalue weighted by atomic mass is 9.79. The highest BCUT2D eigenvalue weighted by molar-refractivity contribution is 5.93. The summed E-state index contributed by atoms with van der Waals surface area (Å²) in [7, 11) is 1.68. The first-order valence-corrected chi connectivity index (χ1v) is 10.2. The van der Waals surface area contributed by atoms with Gasteiger partial charge in [-0.1, -0.05) is 72.8 Å². The predicted molar refractivity (Wildman–Crippen MR) is 122 cm³/mol. The SMILES string of the molecule is COCn1c(-c2ccccc2)c(C(c2ccccc2)C(C#N)C#N)c2ccc(C)cc21. The lowest BCUT2D eigenvalue weighted by Crippen LogP contribution is -2.13. The highest BCUT2D eigenvalue weighted by Gasteiger charge is 2.32. The predicted octanol–water partition coefficient (Wildman–Crippen LogP) is 6.02. The number of nitrogens with zero attached hydrogens (tertiary/aromatic N) is 3. The van der Waals surface area contributed by atoms with Crippen LogP contribution in [0.15, 0.2) is 78.9 Å². The molecule has 1 heterocycles. The lowest BCUT2D eigenvalue weighted by Gasteiger charge is -2.21. The van der Waals surface area contributed by atoms with Crippen molar-refractivity contribution in [2.24, 2.45) is 5.92 Å². The highest BCUT2D eigenvalue weighted by atomic mass is 16.5. The van der Waals surface area contributed by atoms with Gasteiger partial charge in [-0.25, -0.2) is 0 Å². The van der Waals surface area contributed by atoms with Crippen molar-refractivity contribution in [3.63, 3.8) is 0 Å². The fourth-order valence-electron chi connectivity index (χ4n) is 4.34. The number of nitriles is 2. The van der Waals surface area contributed by atoms with Crippen molar-refractivity contribution in [1.82, 2.24) is 4.57 Å². The summed E-state index contributed by atoms with van der Waals surface area (Å²) >= 11 is 0. The minimum Gasteiger partial charge on any atom is -0.364 e. The van der Waals surface area contributed by atoms with Crippen LogP contribution in [0.5, 0.6) is 0 Å². The maximum Gasteiger partial charge on any atom is 0.144 e. The molecule has 0 amide bonds. The molecule has 152 valence electrons. The van der Waals surface area contributed by atoms with Gasteiger partial charge in [-0.15, -0.1) is 0 Å². The molecule has 0 N–H and O–H groups in total. The van der Waals surface area contributed by atoms with Crippen LogP contribution in [0.4, 0.5) is 0 Å². The minimum absolute atomic E-state index is 0.371. The fraction of sp³-hybridized carbons (Fsp3) is 0.185. The summed E-state index contributed by atoms with van der Waals surface area (Å²) in [6, 6.07) is 30.8. The Morgan fingerprint density at radius 1 is 0.903 bits per heavy atom. The molecule has 0 bridgehead atoms. The van der Waals surface area contributed by atoms with Crippen LogP contribution in [0.25, 0.3) is 22.2 Å². The van der Waals surface area contributed by atoms with Gasteiger partial charge >= 0.3 is 0 Å². The van der Waals surface area contributed by atoms with E-state index in [0.717, 1.165) is 38.9 Å². The Kier molecular flexibility index (Phi) is 5.85. The van der Waals surface area contributed by atoms with Crippen LogP contribution in [0.1, 0.15) is 22.6 Å². The van der Waals surface area contributed by atoms with Crippen molar-refractivity contribution in [3.05, 3.63) is 95.6 Å². The first kappa shape index (κ1) is 20.4. The van der Waals surface area contributed by atoms with Crippen molar-refractivity contribution in [1.29, 1.82) is 10.5 Å². The van der Waals surface area contributed by atoms with E-state index < -0.39 is 11.8 Å². The molecular formula is C27H23N3O. The number of rotatable bonds is 6. The second kappa shape index (κ2) is 8.88.